The van der Waals surface area contributed by atoms with Gasteiger partial charge in [-0.25, -0.2) is 4.79 Å². The molecule has 2 N–H and O–H groups in total. The molecule has 1 unspecified atom stereocenters. The minimum atomic E-state index is -0.880. The molecule has 1 fully saturated rings. The number of nitrogens with two attached hydrogens (primary N) is 1. The number of rotatable bonds is 6. The molecule has 0 spiro atoms. The Labute approximate surface area is 175 Å². The second kappa shape index (κ2) is 9.96. The van der Waals surface area contributed by atoms with Crippen LogP contribution in [0.1, 0.15) is 26.2 Å². The van der Waals surface area contributed by atoms with Gasteiger partial charge in [-0.3, -0.25) is 9.59 Å². The van der Waals surface area contributed by atoms with Crippen LogP contribution in [0.15, 0.2) is 48.1 Å². The summed E-state index contributed by atoms with van der Waals surface area (Å²) in [5.74, 6) is 0.0885. The minimum absolute atomic E-state index is 0.0639. The van der Waals surface area contributed by atoms with Gasteiger partial charge in [0.15, 0.2) is 0 Å². The van der Waals surface area contributed by atoms with Gasteiger partial charge in [0.2, 0.25) is 5.91 Å². The number of amides is 2. The average molecular weight is 413 g/mol. The molecule has 8 heteroatoms. The summed E-state index contributed by atoms with van der Waals surface area (Å²) in [5.41, 5.74) is 7.03. The lowest BCUT2D eigenvalue weighted by Gasteiger charge is -2.36. The summed E-state index contributed by atoms with van der Waals surface area (Å²) >= 11 is 0. The highest BCUT2D eigenvalue weighted by molar-refractivity contribution is 5.78. The Morgan fingerprint density at radius 2 is 1.77 bits per heavy atom. The third kappa shape index (κ3) is 5.85. The largest absolute Gasteiger partial charge is 0.441 e. The van der Waals surface area contributed by atoms with Gasteiger partial charge in [0.25, 0.3) is 0 Å². The molecule has 3 rings (SSSR count). The Bertz CT molecular complexity index is 839. The summed E-state index contributed by atoms with van der Waals surface area (Å²) in [7, 11) is 0. The lowest BCUT2D eigenvalue weighted by Crippen LogP contribution is -2.49. The molecule has 0 bridgehead atoms. The number of piperazine rings is 1. The van der Waals surface area contributed by atoms with Crippen LogP contribution in [0, 0.1) is 0 Å². The van der Waals surface area contributed by atoms with Crippen molar-refractivity contribution < 1.29 is 23.9 Å². The SMILES string of the molecule is CC(=O)Oc1ccc(N2CCN(C(=O)CC(OC(N)=O)C3=CCCC=C3)CC2)cc1. The number of benzene rings is 1. The molecule has 0 aromatic heterocycles. The van der Waals surface area contributed by atoms with Gasteiger partial charge in [-0.15, -0.1) is 0 Å². The van der Waals surface area contributed by atoms with E-state index in [0.29, 0.717) is 31.9 Å². The van der Waals surface area contributed by atoms with Crippen molar-refractivity contribution in [3.05, 3.63) is 48.1 Å². The van der Waals surface area contributed by atoms with Crippen LogP contribution in [0.3, 0.4) is 0 Å². The molecule has 1 aromatic rings. The zero-order valence-electron chi connectivity index (χ0n) is 17.1. The van der Waals surface area contributed by atoms with Crippen LogP contribution >= 0.6 is 0 Å². The van der Waals surface area contributed by atoms with Gasteiger partial charge in [-0.2, -0.15) is 0 Å². The fourth-order valence-electron chi connectivity index (χ4n) is 3.63. The number of allylic oxidation sites excluding steroid dienone is 2. The van der Waals surface area contributed by atoms with Crippen molar-refractivity contribution in [3.8, 4) is 5.75 Å². The van der Waals surface area contributed by atoms with Crippen LogP contribution in [0.2, 0.25) is 0 Å². The lowest BCUT2D eigenvalue weighted by atomic mass is 9.99. The summed E-state index contributed by atoms with van der Waals surface area (Å²) in [6.07, 6.45) is 6.21. The minimum Gasteiger partial charge on any atom is -0.441 e. The summed E-state index contributed by atoms with van der Waals surface area (Å²) in [6.45, 7) is 3.88. The van der Waals surface area contributed by atoms with E-state index in [4.69, 9.17) is 15.2 Å². The number of nitrogens with zero attached hydrogens (tertiary/aromatic N) is 2. The van der Waals surface area contributed by atoms with Crippen molar-refractivity contribution in [2.75, 3.05) is 31.1 Å². The zero-order chi connectivity index (χ0) is 21.5. The average Bonchev–Trinajstić information content (AvgIpc) is 2.74. The number of hydrogen-bond donors (Lipinski definition) is 1. The lowest BCUT2D eigenvalue weighted by molar-refractivity contribution is -0.133. The summed E-state index contributed by atoms with van der Waals surface area (Å²) in [5, 5.41) is 0. The van der Waals surface area contributed by atoms with Crippen molar-refractivity contribution in [3.63, 3.8) is 0 Å². The van der Waals surface area contributed by atoms with Crippen LogP contribution in [-0.2, 0) is 14.3 Å². The van der Waals surface area contributed by atoms with E-state index in [1.165, 1.54) is 6.92 Å². The second-order valence-electron chi connectivity index (χ2n) is 7.27. The Kier molecular flexibility index (Phi) is 7.11. The van der Waals surface area contributed by atoms with Gasteiger partial charge < -0.3 is 25.0 Å². The maximum atomic E-state index is 12.8. The van der Waals surface area contributed by atoms with E-state index in [1.807, 2.05) is 30.4 Å². The molecule has 1 atom stereocenters. The molecule has 160 valence electrons. The first-order valence-corrected chi connectivity index (χ1v) is 10.1. The molecule has 8 nitrogen and oxygen atoms in total. The predicted octanol–water partition coefficient (Wildman–Crippen LogP) is 2.39. The van der Waals surface area contributed by atoms with E-state index in [2.05, 4.69) is 4.90 Å². The number of anilines is 1. The van der Waals surface area contributed by atoms with Crippen molar-refractivity contribution in [2.45, 2.75) is 32.3 Å². The number of carbonyl (C=O) groups excluding carboxylic acids is 3. The van der Waals surface area contributed by atoms with Gasteiger partial charge in [-0.05, 0) is 42.7 Å². The molecule has 0 saturated carbocycles. The molecule has 1 aliphatic heterocycles. The standard InChI is InChI=1S/C22H27N3O5/c1-16(26)29-19-9-7-18(8-10-19)24-11-13-25(14-12-24)21(27)15-20(30-22(23)28)17-5-3-2-4-6-17/h3,5-10,20H,2,4,11-15H2,1H3,(H2,23,28). The van der Waals surface area contributed by atoms with Crippen LogP contribution in [0.25, 0.3) is 0 Å². The first kappa shape index (κ1) is 21.4. The molecule has 2 aliphatic rings. The molecule has 2 amide bonds. The Morgan fingerprint density at radius 3 is 2.33 bits per heavy atom. The monoisotopic (exact) mass is 413 g/mol. The fraction of sp³-hybridized carbons (Fsp3) is 0.409. The van der Waals surface area contributed by atoms with Crippen LogP contribution < -0.4 is 15.4 Å². The van der Waals surface area contributed by atoms with Gasteiger partial charge in [0, 0.05) is 38.8 Å². The molecule has 1 aliphatic carbocycles. The van der Waals surface area contributed by atoms with E-state index in [1.54, 1.807) is 17.0 Å². The van der Waals surface area contributed by atoms with Crippen molar-refractivity contribution in [2.24, 2.45) is 5.73 Å². The van der Waals surface area contributed by atoms with E-state index < -0.39 is 12.2 Å². The van der Waals surface area contributed by atoms with E-state index in [9.17, 15) is 14.4 Å². The van der Waals surface area contributed by atoms with Crippen LogP contribution in [0.4, 0.5) is 10.5 Å². The molecular formula is C22H27N3O5. The van der Waals surface area contributed by atoms with E-state index in [0.717, 1.165) is 24.1 Å². The highest BCUT2D eigenvalue weighted by Gasteiger charge is 2.27. The molecule has 1 aromatic carbocycles. The van der Waals surface area contributed by atoms with Gasteiger partial charge >= 0.3 is 12.1 Å². The Balaban J connectivity index is 1.55. The highest BCUT2D eigenvalue weighted by atomic mass is 16.6. The summed E-state index contributed by atoms with van der Waals surface area (Å²) in [6, 6.07) is 7.31. The third-order valence-electron chi connectivity index (χ3n) is 5.11. The van der Waals surface area contributed by atoms with Crippen molar-refractivity contribution >= 4 is 23.7 Å². The maximum absolute atomic E-state index is 12.8. The van der Waals surface area contributed by atoms with Crippen molar-refractivity contribution in [1.82, 2.24) is 4.90 Å². The normalized spacial score (nSPS) is 17.2. The quantitative estimate of drug-likeness (QED) is 0.568. The number of primary amides is 1. The number of esters is 1. The zero-order valence-corrected chi connectivity index (χ0v) is 17.1. The van der Waals surface area contributed by atoms with Crippen molar-refractivity contribution in [1.29, 1.82) is 0 Å². The maximum Gasteiger partial charge on any atom is 0.405 e. The number of carbonyl (C=O) groups is 3. The van der Waals surface area contributed by atoms with Gasteiger partial charge in [0.1, 0.15) is 11.9 Å². The van der Waals surface area contributed by atoms with Crippen LogP contribution in [-0.4, -0.2) is 55.2 Å². The van der Waals surface area contributed by atoms with Gasteiger partial charge in [-0.1, -0.05) is 18.2 Å². The van der Waals surface area contributed by atoms with Crippen LogP contribution in [0.5, 0.6) is 5.75 Å². The molecule has 1 heterocycles. The first-order valence-electron chi connectivity index (χ1n) is 10.1. The van der Waals surface area contributed by atoms with E-state index >= 15 is 0 Å². The number of hydrogen-bond acceptors (Lipinski definition) is 6. The number of ether oxygens (including phenoxy) is 2. The third-order valence-corrected chi connectivity index (χ3v) is 5.11. The summed E-state index contributed by atoms with van der Waals surface area (Å²) in [4.78, 5) is 39.1. The smallest absolute Gasteiger partial charge is 0.405 e. The first-order chi connectivity index (χ1) is 14.4. The Morgan fingerprint density at radius 1 is 1.07 bits per heavy atom. The fourth-order valence-corrected chi connectivity index (χ4v) is 3.63. The molecule has 1 saturated heterocycles. The molecular weight excluding hydrogens is 386 g/mol. The molecule has 0 radical (unpaired) electrons. The predicted molar refractivity (Wildman–Crippen MR) is 112 cm³/mol. The van der Waals surface area contributed by atoms with Gasteiger partial charge in [0.05, 0.1) is 6.42 Å². The summed E-state index contributed by atoms with van der Waals surface area (Å²) < 4.78 is 10.3. The van der Waals surface area contributed by atoms with E-state index in [-0.39, 0.29) is 18.3 Å². The topological polar surface area (TPSA) is 102 Å². The second-order valence-corrected chi connectivity index (χ2v) is 7.27. The highest BCUT2D eigenvalue weighted by Crippen LogP contribution is 2.23. The molecule has 30 heavy (non-hydrogen) atoms. The Hall–Kier alpha value is -3.29.